The molecule has 21 heavy (non-hydrogen) atoms. The third-order valence-electron chi connectivity index (χ3n) is 2.78. The average Bonchev–Trinajstić information content (AvgIpc) is 2.76. The first-order valence-electron chi connectivity index (χ1n) is 6.30. The molecule has 0 saturated carbocycles. The van der Waals surface area contributed by atoms with E-state index in [0.717, 1.165) is 10.8 Å². The summed E-state index contributed by atoms with van der Waals surface area (Å²) in [6, 6.07) is 4.87. The second kappa shape index (κ2) is 5.08. The molecule has 1 aromatic heterocycles. The number of nitrogens with zero attached hydrogens (tertiary/aromatic N) is 2. The predicted octanol–water partition coefficient (Wildman–Crippen LogP) is 3.34. The number of rotatable bonds is 2. The van der Waals surface area contributed by atoms with Crippen molar-refractivity contribution in [2.75, 3.05) is 7.11 Å². The summed E-state index contributed by atoms with van der Waals surface area (Å²) < 4.78 is 11.5. The molecule has 0 aliphatic rings. The van der Waals surface area contributed by atoms with Gasteiger partial charge in [0.25, 0.3) is 5.69 Å². The maximum absolute atomic E-state index is 12.2. The molecule has 0 unspecified atom stereocenters. The number of hydrogen-bond donors (Lipinski definition) is 0. The molecule has 0 aliphatic heterocycles. The smallest absolute Gasteiger partial charge is 0.419 e. The highest BCUT2D eigenvalue weighted by molar-refractivity contribution is 5.99. The minimum Gasteiger partial charge on any atom is -0.496 e. The van der Waals surface area contributed by atoms with E-state index in [1.165, 1.54) is 7.11 Å². The minimum absolute atomic E-state index is 0.201. The van der Waals surface area contributed by atoms with Gasteiger partial charge in [-0.1, -0.05) is 6.07 Å². The summed E-state index contributed by atoms with van der Waals surface area (Å²) in [5.74, 6) is 0.335. The van der Waals surface area contributed by atoms with Crippen molar-refractivity contribution in [2.45, 2.75) is 26.4 Å². The number of carbonyl (C=O) groups excluding carboxylic acids is 1. The third-order valence-corrected chi connectivity index (χ3v) is 2.78. The lowest BCUT2D eigenvalue weighted by Gasteiger charge is -2.19. The van der Waals surface area contributed by atoms with Crippen molar-refractivity contribution >= 4 is 22.7 Å². The van der Waals surface area contributed by atoms with E-state index in [1.807, 2.05) is 0 Å². The maximum atomic E-state index is 12.2. The molecule has 0 N–H and O–H groups in total. The van der Waals surface area contributed by atoms with Gasteiger partial charge in [0.05, 0.1) is 23.7 Å². The molecule has 0 spiro atoms. The molecule has 0 bridgehead atoms. The number of methoxy groups -OCH3 is 1. The van der Waals surface area contributed by atoms with E-state index < -0.39 is 16.6 Å². The molecule has 0 saturated heterocycles. The summed E-state index contributed by atoms with van der Waals surface area (Å²) >= 11 is 0. The van der Waals surface area contributed by atoms with Crippen molar-refractivity contribution in [3.05, 3.63) is 34.5 Å². The number of fused-ring (bicyclic) bond motifs is 1. The lowest BCUT2D eigenvalue weighted by atomic mass is 10.2. The molecule has 7 nitrogen and oxygen atoms in total. The molecule has 0 amide bonds. The quantitative estimate of drug-likeness (QED) is 0.626. The second-order valence-corrected chi connectivity index (χ2v) is 5.48. The van der Waals surface area contributed by atoms with E-state index >= 15 is 0 Å². The van der Waals surface area contributed by atoms with Crippen LogP contribution in [0.1, 0.15) is 20.8 Å². The van der Waals surface area contributed by atoms with E-state index in [1.54, 1.807) is 39.0 Å². The van der Waals surface area contributed by atoms with Gasteiger partial charge < -0.3 is 9.47 Å². The first kappa shape index (κ1) is 14.8. The van der Waals surface area contributed by atoms with Gasteiger partial charge in [-0.05, 0) is 32.9 Å². The zero-order valence-electron chi connectivity index (χ0n) is 12.2. The molecule has 1 aromatic carbocycles. The number of benzene rings is 1. The maximum Gasteiger partial charge on any atom is 0.419 e. The topological polar surface area (TPSA) is 83.6 Å². The fourth-order valence-electron chi connectivity index (χ4n) is 2.00. The van der Waals surface area contributed by atoms with Crippen LogP contribution in [0.25, 0.3) is 10.9 Å². The molecular formula is C14H16N2O5. The van der Waals surface area contributed by atoms with Crippen LogP contribution in [0.5, 0.6) is 5.75 Å². The molecule has 2 rings (SSSR count). The van der Waals surface area contributed by atoms with Gasteiger partial charge in [0.15, 0.2) is 0 Å². The minimum atomic E-state index is -0.693. The Morgan fingerprint density at radius 1 is 1.33 bits per heavy atom. The third kappa shape index (κ3) is 2.81. The van der Waals surface area contributed by atoms with E-state index in [0.29, 0.717) is 11.3 Å². The van der Waals surface area contributed by atoms with E-state index in [-0.39, 0.29) is 11.1 Å². The zero-order chi connectivity index (χ0) is 15.8. The molecule has 7 heteroatoms. The van der Waals surface area contributed by atoms with Crippen LogP contribution in [0, 0.1) is 10.1 Å². The molecule has 0 radical (unpaired) electrons. The SMILES string of the molecule is COc1cccc2c1c([N+](=O)[O-])cn2C(=O)OC(C)(C)C. The van der Waals surface area contributed by atoms with Gasteiger partial charge in [0.2, 0.25) is 0 Å². The summed E-state index contributed by atoms with van der Waals surface area (Å²) in [5, 5.41) is 11.5. The van der Waals surface area contributed by atoms with Crippen molar-refractivity contribution in [3.8, 4) is 5.75 Å². The second-order valence-electron chi connectivity index (χ2n) is 5.48. The number of carbonyl (C=O) groups is 1. The van der Waals surface area contributed by atoms with Gasteiger partial charge in [-0.3, -0.25) is 10.1 Å². The Morgan fingerprint density at radius 3 is 2.52 bits per heavy atom. The average molecular weight is 292 g/mol. The Hall–Kier alpha value is -2.57. The predicted molar refractivity (Wildman–Crippen MR) is 76.8 cm³/mol. The molecule has 0 atom stereocenters. The molecule has 0 fully saturated rings. The monoisotopic (exact) mass is 292 g/mol. The highest BCUT2D eigenvalue weighted by Crippen LogP contribution is 2.35. The van der Waals surface area contributed by atoms with Crippen LogP contribution in [-0.2, 0) is 4.74 Å². The van der Waals surface area contributed by atoms with Crippen LogP contribution < -0.4 is 4.74 Å². The van der Waals surface area contributed by atoms with Gasteiger partial charge in [-0.25, -0.2) is 9.36 Å². The Bertz CT molecular complexity index is 712. The van der Waals surface area contributed by atoms with Crippen molar-refractivity contribution in [1.82, 2.24) is 4.57 Å². The highest BCUT2D eigenvalue weighted by Gasteiger charge is 2.26. The number of hydrogen-bond acceptors (Lipinski definition) is 5. The highest BCUT2D eigenvalue weighted by atomic mass is 16.6. The summed E-state index contributed by atoms with van der Waals surface area (Å²) in [7, 11) is 1.42. The van der Waals surface area contributed by atoms with Crippen LogP contribution in [0.4, 0.5) is 10.5 Å². The van der Waals surface area contributed by atoms with Crippen LogP contribution in [0.2, 0.25) is 0 Å². The molecule has 112 valence electrons. The number of ether oxygens (including phenoxy) is 2. The Balaban J connectivity index is 2.66. The van der Waals surface area contributed by atoms with Crippen LogP contribution in [-0.4, -0.2) is 28.3 Å². The van der Waals surface area contributed by atoms with Gasteiger partial charge in [-0.2, -0.15) is 0 Å². The molecule has 2 aromatic rings. The van der Waals surface area contributed by atoms with Gasteiger partial charge in [-0.15, -0.1) is 0 Å². The van der Waals surface area contributed by atoms with E-state index in [4.69, 9.17) is 9.47 Å². The largest absolute Gasteiger partial charge is 0.496 e. The van der Waals surface area contributed by atoms with Gasteiger partial charge >= 0.3 is 6.09 Å². The van der Waals surface area contributed by atoms with Crippen LogP contribution >= 0.6 is 0 Å². The van der Waals surface area contributed by atoms with Gasteiger partial charge in [0, 0.05) is 0 Å². The fourth-order valence-corrected chi connectivity index (χ4v) is 2.00. The molecular weight excluding hydrogens is 276 g/mol. The lowest BCUT2D eigenvalue weighted by molar-refractivity contribution is -0.383. The van der Waals surface area contributed by atoms with Crippen molar-refractivity contribution in [2.24, 2.45) is 0 Å². The van der Waals surface area contributed by atoms with Gasteiger partial charge in [0.1, 0.15) is 16.7 Å². The van der Waals surface area contributed by atoms with Crippen molar-refractivity contribution < 1.29 is 19.2 Å². The van der Waals surface area contributed by atoms with Crippen LogP contribution in [0.15, 0.2) is 24.4 Å². The summed E-state index contributed by atoms with van der Waals surface area (Å²) in [4.78, 5) is 22.8. The summed E-state index contributed by atoms with van der Waals surface area (Å²) in [5.41, 5.74) is -0.523. The van der Waals surface area contributed by atoms with E-state index in [2.05, 4.69) is 0 Å². The summed E-state index contributed by atoms with van der Waals surface area (Å²) in [6.07, 6.45) is 0.482. The Kier molecular flexibility index (Phi) is 3.59. The number of nitro groups is 1. The Labute approximate surface area is 121 Å². The Morgan fingerprint density at radius 2 is 2.00 bits per heavy atom. The molecule has 1 heterocycles. The fraction of sp³-hybridized carbons (Fsp3) is 0.357. The first-order valence-corrected chi connectivity index (χ1v) is 6.30. The molecule has 0 aliphatic carbocycles. The van der Waals surface area contributed by atoms with Crippen LogP contribution in [0.3, 0.4) is 0 Å². The number of aromatic nitrogens is 1. The first-order chi connectivity index (χ1) is 9.74. The summed E-state index contributed by atoms with van der Waals surface area (Å²) in [6.45, 7) is 5.18. The standard InChI is InChI=1S/C14H16N2O5/c1-14(2,3)21-13(17)15-8-10(16(18)19)12-9(15)6-5-7-11(12)20-4/h5-8H,1-4H3. The zero-order valence-corrected chi connectivity index (χ0v) is 12.2. The van der Waals surface area contributed by atoms with E-state index in [9.17, 15) is 14.9 Å². The normalized spacial score (nSPS) is 11.4. The van der Waals surface area contributed by atoms with Crippen molar-refractivity contribution in [3.63, 3.8) is 0 Å². The lowest BCUT2D eigenvalue weighted by Crippen LogP contribution is -2.26. The van der Waals surface area contributed by atoms with Crippen molar-refractivity contribution in [1.29, 1.82) is 0 Å².